The quantitative estimate of drug-likeness (QED) is 0.119. The van der Waals surface area contributed by atoms with Crippen molar-refractivity contribution in [2.45, 2.75) is 102 Å². The first kappa shape index (κ1) is 27.9. The van der Waals surface area contributed by atoms with Gasteiger partial charge < -0.3 is 20.8 Å². The van der Waals surface area contributed by atoms with Gasteiger partial charge in [-0.15, -0.1) is 22.7 Å². The largest absolute Gasteiger partial charge is 0.388 e. The minimum absolute atomic E-state index is 0.392. The number of anilines is 2. The zero-order chi connectivity index (χ0) is 27.3. The number of nitrogens with zero attached hydrogens (tertiary/aromatic N) is 2. The summed E-state index contributed by atoms with van der Waals surface area (Å²) >= 11 is 3.38. The van der Waals surface area contributed by atoms with E-state index < -0.39 is 12.2 Å². The predicted octanol–water partition coefficient (Wildman–Crippen LogP) is 8.29. The second-order valence-electron chi connectivity index (χ2n) is 11.5. The SMILES string of the molecule is OC1CCCc2nc3sccc3c(NCCCCCCCCCCNc3c4c(nc5sccc35)CCCC4O)c21. The fourth-order valence-corrected chi connectivity index (χ4v) is 8.12. The van der Waals surface area contributed by atoms with Crippen LogP contribution in [0.5, 0.6) is 0 Å². The molecule has 0 bridgehead atoms. The van der Waals surface area contributed by atoms with Crippen LogP contribution in [0.2, 0.25) is 0 Å². The maximum Gasteiger partial charge on any atom is 0.125 e. The number of pyridine rings is 2. The van der Waals surface area contributed by atoms with Crippen molar-refractivity contribution < 1.29 is 10.2 Å². The van der Waals surface area contributed by atoms with Crippen LogP contribution in [0.3, 0.4) is 0 Å². The Morgan fingerprint density at radius 1 is 0.650 bits per heavy atom. The second kappa shape index (κ2) is 13.1. The summed E-state index contributed by atoms with van der Waals surface area (Å²) in [5, 5.41) is 35.3. The van der Waals surface area contributed by atoms with Gasteiger partial charge in [-0.3, -0.25) is 0 Å². The Morgan fingerprint density at radius 3 is 1.52 bits per heavy atom. The van der Waals surface area contributed by atoms with Gasteiger partial charge in [0, 0.05) is 46.4 Å². The molecular weight excluding hydrogens is 537 g/mol. The number of nitrogens with one attached hydrogen (secondary N) is 2. The standard InChI is InChI=1S/C32H42N4O2S2/c37-25-13-9-11-23-27(25)29(21-15-19-39-31(21)35-23)33-17-7-5-3-1-2-4-6-8-18-34-30-22-16-20-40-32(22)36-24-12-10-14-26(38)28(24)30/h15-16,19-20,25-26,37-38H,1-14,17-18H2,(H,33,35)(H,34,36). The van der Waals surface area contributed by atoms with E-state index >= 15 is 0 Å². The Bertz CT molecular complexity index is 1320. The molecule has 2 unspecified atom stereocenters. The zero-order valence-electron chi connectivity index (χ0n) is 23.4. The molecule has 4 N–H and O–H groups in total. The maximum atomic E-state index is 10.7. The molecule has 6 nitrogen and oxygen atoms in total. The lowest BCUT2D eigenvalue weighted by Crippen LogP contribution is -2.15. The van der Waals surface area contributed by atoms with Gasteiger partial charge in [0.1, 0.15) is 9.66 Å². The Balaban J connectivity index is 0.882. The van der Waals surface area contributed by atoms with Crippen LogP contribution in [-0.4, -0.2) is 33.3 Å². The molecule has 2 aliphatic rings. The average Bonchev–Trinajstić information content (AvgIpc) is 3.62. The number of hydrogen-bond acceptors (Lipinski definition) is 8. The lowest BCUT2D eigenvalue weighted by Gasteiger charge is -2.24. The third-order valence-electron chi connectivity index (χ3n) is 8.62. The number of aliphatic hydroxyl groups excluding tert-OH is 2. The van der Waals surface area contributed by atoms with Crippen molar-refractivity contribution in [1.82, 2.24) is 9.97 Å². The Kier molecular flexibility index (Phi) is 9.17. The molecule has 2 aliphatic carbocycles. The Morgan fingerprint density at radius 2 is 1.07 bits per heavy atom. The fraction of sp³-hybridized carbons (Fsp3) is 0.562. The van der Waals surface area contributed by atoms with E-state index in [2.05, 4.69) is 33.5 Å². The highest BCUT2D eigenvalue weighted by atomic mass is 32.1. The number of unbranched alkanes of at least 4 members (excludes halogenated alkanes) is 7. The van der Waals surface area contributed by atoms with E-state index in [-0.39, 0.29) is 0 Å². The summed E-state index contributed by atoms with van der Waals surface area (Å²) in [6.45, 7) is 1.90. The first-order valence-corrected chi connectivity index (χ1v) is 17.1. The molecule has 214 valence electrons. The van der Waals surface area contributed by atoms with Crippen molar-refractivity contribution in [3.63, 3.8) is 0 Å². The van der Waals surface area contributed by atoms with Crippen molar-refractivity contribution in [1.29, 1.82) is 0 Å². The van der Waals surface area contributed by atoms with E-state index in [1.54, 1.807) is 22.7 Å². The molecule has 2 atom stereocenters. The summed E-state index contributed by atoms with van der Waals surface area (Å²) in [7, 11) is 0. The van der Waals surface area contributed by atoms with Crippen LogP contribution in [0.1, 0.15) is 112 Å². The van der Waals surface area contributed by atoms with Gasteiger partial charge in [-0.1, -0.05) is 38.5 Å². The van der Waals surface area contributed by atoms with Crippen molar-refractivity contribution in [3.8, 4) is 0 Å². The average molecular weight is 579 g/mol. The van der Waals surface area contributed by atoms with Gasteiger partial charge >= 0.3 is 0 Å². The topological polar surface area (TPSA) is 90.3 Å². The van der Waals surface area contributed by atoms with E-state index in [4.69, 9.17) is 9.97 Å². The normalized spacial score (nSPS) is 18.6. The highest BCUT2D eigenvalue weighted by Gasteiger charge is 2.26. The third-order valence-corrected chi connectivity index (χ3v) is 10.2. The summed E-state index contributed by atoms with van der Waals surface area (Å²) in [6, 6.07) is 4.28. The van der Waals surface area contributed by atoms with E-state index in [1.165, 1.54) is 49.3 Å². The van der Waals surface area contributed by atoms with E-state index in [0.29, 0.717) is 0 Å². The van der Waals surface area contributed by atoms with Gasteiger partial charge in [-0.05, 0) is 74.3 Å². The molecule has 0 radical (unpaired) electrons. The van der Waals surface area contributed by atoms with Gasteiger partial charge in [-0.25, -0.2) is 9.97 Å². The molecule has 0 amide bonds. The smallest absolute Gasteiger partial charge is 0.125 e. The summed E-state index contributed by atoms with van der Waals surface area (Å²) in [5.41, 5.74) is 6.53. The molecule has 0 saturated heterocycles. The molecule has 0 spiro atoms. The maximum absolute atomic E-state index is 10.7. The van der Waals surface area contributed by atoms with Crippen molar-refractivity contribution >= 4 is 54.5 Å². The number of aromatic nitrogens is 2. The molecule has 0 aliphatic heterocycles. The van der Waals surface area contributed by atoms with Gasteiger partial charge in [0.05, 0.1) is 23.6 Å². The highest BCUT2D eigenvalue weighted by Crippen LogP contribution is 2.41. The highest BCUT2D eigenvalue weighted by molar-refractivity contribution is 7.17. The first-order chi connectivity index (χ1) is 19.7. The van der Waals surface area contributed by atoms with Crippen LogP contribution in [0, 0.1) is 0 Å². The molecule has 4 aromatic heterocycles. The monoisotopic (exact) mass is 578 g/mol. The number of aryl methyl sites for hydroxylation is 2. The summed E-state index contributed by atoms with van der Waals surface area (Å²) in [5.74, 6) is 0. The molecule has 4 heterocycles. The van der Waals surface area contributed by atoms with Crippen LogP contribution in [-0.2, 0) is 12.8 Å². The summed E-state index contributed by atoms with van der Waals surface area (Å²) in [6.07, 6.45) is 14.8. The lowest BCUT2D eigenvalue weighted by atomic mass is 9.91. The molecule has 0 fully saturated rings. The van der Waals surface area contributed by atoms with Gasteiger partial charge in [-0.2, -0.15) is 0 Å². The Labute approximate surface area is 245 Å². The van der Waals surface area contributed by atoms with E-state index in [9.17, 15) is 10.2 Å². The number of thiophene rings is 2. The fourth-order valence-electron chi connectivity index (χ4n) is 6.53. The van der Waals surface area contributed by atoms with Crippen LogP contribution in [0.4, 0.5) is 11.4 Å². The van der Waals surface area contributed by atoms with Crippen LogP contribution < -0.4 is 10.6 Å². The third kappa shape index (κ3) is 6.01. The van der Waals surface area contributed by atoms with Crippen LogP contribution in [0.15, 0.2) is 22.9 Å². The Hall–Kier alpha value is -2.26. The lowest BCUT2D eigenvalue weighted by molar-refractivity contribution is 0.156. The minimum Gasteiger partial charge on any atom is -0.388 e. The van der Waals surface area contributed by atoms with Crippen molar-refractivity contribution in [2.24, 2.45) is 0 Å². The number of rotatable bonds is 13. The van der Waals surface area contributed by atoms with Crippen molar-refractivity contribution in [2.75, 3.05) is 23.7 Å². The second-order valence-corrected chi connectivity index (χ2v) is 13.3. The summed E-state index contributed by atoms with van der Waals surface area (Å²) < 4.78 is 0. The molecule has 40 heavy (non-hydrogen) atoms. The van der Waals surface area contributed by atoms with Gasteiger partial charge in [0.2, 0.25) is 0 Å². The predicted molar refractivity (Wildman–Crippen MR) is 169 cm³/mol. The van der Waals surface area contributed by atoms with Crippen LogP contribution >= 0.6 is 22.7 Å². The molecule has 0 saturated carbocycles. The molecule has 0 aromatic carbocycles. The molecular formula is C32H42N4O2S2. The minimum atomic E-state index is -0.392. The number of fused-ring (bicyclic) bond motifs is 4. The first-order valence-electron chi connectivity index (χ1n) is 15.3. The van der Waals surface area contributed by atoms with Crippen LogP contribution in [0.25, 0.3) is 20.4 Å². The molecule has 6 rings (SSSR count). The van der Waals surface area contributed by atoms with Gasteiger partial charge in [0.15, 0.2) is 0 Å². The molecule has 8 heteroatoms. The summed E-state index contributed by atoms with van der Waals surface area (Å²) in [4.78, 5) is 11.9. The number of hydrogen-bond donors (Lipinski definition) is 4. The van der Waals surface area contributed by atoms with Crippen molar-refractivity contribution in [3.05, 3.63) is 45.4 Å². The number of aliphatic hydroxyl groups is 2. The zero-order valence-corrected chi connectivity index (χ0v) is 25.0. The molecule has 4 aromatic rings. The van der Waals surface area contributed by atoms with E-state index in [1.807, 2.05) is 0 Å². The van der Waals surface area contributed by atoms with Gasteiger partial charge in [0.25, 0.3) is 0 Å². The van der Waals surface area contributed by atoms with E-state index in [0.717, 1.165) is 108 Å².